The summed E-state index contributed by atoms with van der Waals surface area (Å²) in [6.45, 7) is 0.162. The van der Waals surface area contributed by atoms with Gasteiger partial charge in [0.05, 0.1) is 17.1 Å². The molecule has 0 aromatic heterocycles. The Morgan fingerprint density at radius 2 is 1.71 bits per heavy atom. The number of non-ortho nitro benzene ring substituents is 1. The topological polar surface area (TPSA) is 75.4 Å². The number of aliphatic hydroxyl groups is 1. The summed E-state index contributed by atoms with van der Waals surface area (Å²) in [5, 5.41) is 22.3. The Hall–Kier alpha value is -2.61. The van der Waals surface area contributed by atoms with Gasteiger partial charge in [-0.1, -0.05) is 24.3 Å². The summed E-state index contributed by atoms with van der Waals surface area (Å²) >= 11 is 0. The van der Waals surface area contributed by atoms with Crippen LogP contribution in [0.25, 0.3) is 0 Å². The highest BCUT2D eigenvalue weighted by molar-refractivity contribution is 5.57. The number of alkyl halides is 3. The van der Waals surface area contributed by atoms with Gasteiger partial charge in [-0.05, 0) is 23.6 Å². The number of nitrogens with one attached hydrogen (secondary N) is 1. The highest BCUT2D eigenvalue weighted by Gasteiger charge is 2.35. The molecule has 0 amide bonds. The predicted molar refractivity (Wildman–Crippen MR) is 82.7 cm³/mol. The summed E-state index contributed by atoms with van der Waals surface area (Å²) in [4.78, 5) is 9.78. The molecule has 0 saturated carbocycles. The quantitative estimate of drug-likeness (QED) is 0.620. The van der Waals surface area contributed by atoms with Gasteiger partial charge in [-0.2, -0.15) is 13.2 Å². The summed E-state index contributed by atoms with van der Waals surface area (Å²) in [6.07, 6.45) is -4.21. The molecule has 0 spiro atoms. The van der Waals surface area contributed by atoms with Crippen molar-refractivity contribution in [3.63, 3.8) is 0 Å². The minimum Gasteiger partial charge on any atom is -0.392 e. The van der Waals surface area contributed by atoms with Gasteiger partial charge in [0, 0.05) is 24.4 Å². The van der Waals surface area contributed by atoms with Crippen LogP contribution < -0.4 is 5.32 Å². The zero-order valence-electron chi connectivity index (χ0n) is 12.5. The van der Waals surface area contributed by atoms with Crippen LogP contribution in [0.3, 0.4) is 0 Å². The Kier molecular flexibility index (Phi) is 5.40. The number of nitro groups is 1. The molecule has 2 aromatic carbocycles. The fourth-order valence-corrected chi connectivity index (χ4v) is 2.19. The van der Waals surface area contributed by atoms with Gasteiger partial charge in [-0.25, -0.2) is 0 Å². The molecule has 2 aromatic rings. The number of nitrogens with zero attached hydrogens (tertiary/aromatic N) is 1. The zero-order chi connectivity index (χ0) is 17.7. The SMILES string of the molecule is O=[N+]([O-])c1ccc(NCCc2ccc(CO)cc2)c(C(F)(F)F)c1. The maximum atomic E-state index is 13.0. The number of hydrogen-bond donors (Lipinski definition) is 2. The Bertz CT molecular complexity index is 715. The molecule has 8 heteroatoms. The highest BCUT2D eigenvalue weighted by Crippen LogP contribution is 2.37. The molecule has 2 N–H and O–H groups in total. The van der Waals surface area contributed by atoms with Crippen molar-refractivity contribution in [2.75, 3.05) is 11.9 Å². The van der Waals surface area contributed by atoms with Crippen molar-refractivity contribution in [1.82, 2.24) is 0 Å². The fraction of sp³-hybridized carbons (Fsp3) is 0.250. The second-order valence-corrected chi connectivity index (χ2v) is 5.14. The van der Waals surface area contributed by atoms with Crippen molar-refractivity contribution in [2.45, 2.75) is 19.2 Å². The molecule has 24 heavy (non-hydrogen) atoms. The summed E-state index contributed by atoms with van der Waals surface area (Å²) in [5.41, 5.74) is -0.212. The number of hydrogen-bond acceptors (Lipinski definition) is 4. The average molecular weight is 340 g/mol. The van der Waals surface area contributed by atoms with Crippen LogP contribution in [-0.2, 0) is 19.2 Å². The normalized spacial score (nSPS) is 11.3. The number of rotatable bonds is 6. The minimum absolute atomic E-state index is 0.0731. The van der Waals surface area contributed by atoms with E-state index in [1.54, 1.807) is 24.3 Å². The molecular weight excluding hydrogens is 325 g/mol. The number of halogens is 3. The molecule has 0 aliphatic carbocycles. The Labute approximate surface area is 135 Å². The smallest absolute Gasteiger partial charge is 0.392 e. The monoisotopic (exact) mass is 340 g/mol. The lowest BCUT2D eigenvalue weighted by atomic mass is 10.1. The number of benzene rings is 2. The van der Waals surface area contributed by atoms with Crippen molar-refractivity contribution in [3.05, 3.63) is 69.3 Å². The van der Waals surface area contributed by atoms with E-state index in [1.165, 1.54) is 0 Å². The lowest BCUT2D eigenvalue weighted by Gasteiger charge is -2.14. The van der Waals surface area contributed by atoms with E-state index in [2.05, 4.69) is 5.32 Å². The molecule has 0 unspecified atom stereocenters. The molecule has 0 fully saturated rings. The van der Waals surface area contributed by atoms with E-state index in [4.69, 9.17) is 5.11 Å². The molecule has 0 heterocycles. The standard InChI is InChI=1S/C16H15F3N2O3/c17-16(18,19)14-9-13(21(23)24)5-6-15(14)20-8-7-11-1-3-12(10-22)4-2-11/h1-6,9,20,22H,7-8,10H2. The van der Waals surface area contributed by atoms with Crippen molar-refractivity contribution in [3.8, 4) is 0 Å². The van der Waals surface area contributed by atoms with Crippen molar-refractivity contribution >= 4 is 11.4 Å². The Balaban J connectivity index is 2.09. The van der Waals surface area contributed by atoms with E-state index in [9.17, 15) is 23.3 Å². The first kappa shape index (κ1) is 17.7. The van der Waals surface area contributed by atoms with E-state index in [-0.39, 0.29) is 18.8 Å². The second-order valence-electron chi connectivity index (χ2n) is 5.14. The third-order valence-electron chi connectivity index (χ3n) is 3.45. The van der Waals surface area contributed by atoms with Crippen molar-refractivity contribution in [1.29, 1.82) is 0 Å². The second kappa shape index (κ2) is 7.31. The van der Waals surface area contributed by atoms with Gasteiger partial charge in [0.25, 0.3) is 5.69 Å². The highest BCUT2D eigenvalue weighted by atomic mass is 19.4. The summed E-state index contributed by atoms with van der Waals surface area (Å²) in [5.74, 6) is 0. The van der Waals surface area contributed by atoms with E-state index in [0.717, 1.165) is 23.3 Å². The number of anilines is 1. The van der Waals surface area contributed by atoms with Gasteiger partial charge in [0.2, 0.25) is 0 Å². The molecular formula is C16H15F3N2O3. The fourth-order valence-electron chi connectivity index (χ4n) is 2.19. The lowest BCUT2D eigenvalue weighted by Crippen LogP contribution is -2.13. The number of aliphatic hydroxyl groups excluding tert-OH is 1. The maximum absolute atomic E-state index is 13.0. The van der Waals surface area contributed by atoms with E-state index in [0.29, 0.717) is 12.5 Å². The van der Waals surface area contributed by atoms with Crippen molar-refractivity contribution in [2.24, 2.45) is 0 Å². The summed E-state index contributed by atoms with van der Waals surface area (Å²) in [7, 11) is 0. The van der Waals surface area contributed by atoms with Crippen LogP contribution >= 0.6 is 0 Å². The molecule has 0 aliphatic rings. The summed E-state index contributed by atoms with van der Waals surface area (Å²) in [6, 6.07) is 9.67. The number of nitro benzene ring substituents is 1. The molecule has 0 aliphatic heterocycles. The van der Waals surface area contributed by atoms with E-state index >= 15 is 0 Å². The lowest BCUT2D eigenvalue weighted by molar-refractivity contribution is -0.385. The molecule has 0 atom stereocenters. The van der Waals surface area contributed by atoms with Gasteiger partial charge in [-0.15, -0.1) is 0 Å². The van der Waals surface area contributed by atoms with Gasteiger partial charge in [0.15, 0.2) is 0 Å². The van der Waals surface area contributed by atoms with Gasteiger partial charge in [0.1, 0.15) is 0 Å². The van der Waals surface area contributed by atoms with Gasteiger partial charge in [-0.3, -0.25) is 10.1 Å². The molecule has 2 rings (SSSR count). The Morgan fingerprint density at radius 1 is 1.08 bits per heavy atom. The Morgan fingerprint density at radius 3 is 2.25 bits per heavy atom. The summed E-state index contributed by atoms with van der Waals surface area (Å²) < 4.78 is 39.1. The molecule has 5 nitrogen and oxygen atoms in total. The van der Waals surface area contributed by atoms with E-state index in [1.807, 2.05) is 0 Å². The van der Waals surface area contributed by atoms with Crippen LogP contribution in [0.5, 0.6) is 0 Å². The van der Waals surface area contributed by atoms with Gasteiger partial charge >= 0.3 is 6.18 Å². The van der Waals surface area contributed by atoms with Crippen LogP contribution in [0, 0.1) is 10.1 Å². The van der Waals surface area contributed by atoms with Crippen LogP contribution in [0.4, 0.5) is 24.5 Å². The average Bonchev–Trinajstić information content (AvgIpc) is 2.54. The first-order valence-corrected chi connectivity index (χ1v) is 7.09. The van der Waals surface area contributed by atoms with Crippen LogP contribution in [0.1, 0.15) is 16.7 Å². The molecule has 0 saturated heterocycles. The third kappa shape index (κ3) is 4.45. The molecule has 0 bridgehead atoms. The third-order valence-corrected chi connectivity index (χ3v) is 3.45. The van der Waals surface area contributed by atoms with Gasteiger partial charge < -0.3 is 10.4 Å². The minimum atomic E-state index is -4.68. The van der Waals surface area contributed by atoms with E-state index < -0.39 is 22.4 Å². The molecule has 0 radical (unpaired) electrons. The van der Waals surface area contributed by atoms with Crippen LogP contribution in [0.15, 0.2) is 42.5 Å². The van der Waals surface area contributed by atoms with Crippen LogP contribution in [-0.4, -0.2) is 16.6 Å². The van der Waals surface area contributed by atoms with Crippen LogP contribution in [0.2, 0.25) is 0 Å². The largest absolute Gasteiger partial charge is 0.418 e. The predicted octanol–water partition coefficient (Wildman–Crippen LogP) is 3.76. The maximum Gasteiger partial charge on any atom is 0.418 e. The first-order chi connectivity index (χ1) is 11.3. The van der Waals surface area contributed by atoms with Crippen molar-refractivity contribution < 1.29 is 23.2 Å². The molecule has 128 valence electrons. The first-order valence-electron chi connectivity index (χ1n) is 7.09. The zero-order valence-corrected chi connectivity index (χ0v) is 12.5.